The van der Waals surface area contributed by atoms with Crippen LogP contribution in [0.3, 0.4) is 0 Å². The number of halogens is 2. The Hall–Kier alpha value is -2.16. The zero-order valence-corrected chi connectivity index (χ0v) is 9.35. The lowest BCUT2D eigenvalue weighted by Gasteiger charge is -2.13. The van der Waals surface area contributed by atoms with E-state index >= 15 is 0 Å². The maximum Gasteiger partial charge on any atom is 0.387 e. The van der Waals surface area contributed by atoms with Crippen LogP contribution in [0.1, 0.15) is 24.3 Å². The molecule has 0 aliphatic carbocycles. The van der Waals surface area contributed by atoms with Crippen molar-refractivity contribution >= 4 is 5.97 Å². The molecule has 0 bridgehead atoms. The van der Waals surface area contributed by atoms with Gasteiger partial charge in [-0.3, -0.25) is 4.79 Å². The van der Waals surface area contributed by atoms with Crippen molar-refractivity contribution in [2.24, 2.45) is 0 Å². The van der Waals surface area contributed by atoms with Gasteiger partial charge in [-0.15, -0.1) is 0 Å². The molecule has 0 aliphatic rings. The Kier molecular flexibility index (Phi) is 5.06. The number of alkyl halides is 2. The van der Waals surface area contributed by atoms with E-state index in [1.807, 2.05) is 6.07 Å². The summed E-state index contributed by atoms with van der Waals surface area (Å²) in [7, 11) is 0. The number of carboxylic acids is 1. The number of nitrogens with zero attached hydrogens (tertiary/aromatic N) is 1. The van der Waals surface area contributed by atoms with E-state index in [1.54, 1.807) is 6.07 Å². The van der Waals surface area contributed by atoms with Crippen LogP contribution in [0.4, 0.5) is 8.78 Å². The van der Waals surface area contributed by atoms with E-state index < -0.39 is 18.5 Å². The van der Waals surface area contributed by atoms with Crippen LogP contribution in [0.25, 0.3) is 0 Å². The lowest BCUT2D eigenvalue weighted by Crippen LogP contribution is -2.07. The number of rotatable bonds is 6. The molecule has 0 aromatic heterocycles. The molecule has 1 rings (SSSR count). The number of ether oxygens (including phenoxy) is 1. The summed E-state index contributed by atoms with van der Waals surface area (Å²) in [6.45, 7) is -2.98. The molecular formula is C12H11F2NO3. The van der Waals surface area contributed by atoms with Gasteiger partial charge in [-0.2, -0.15) is 14.0 Å². The monoisotopic (exact) mass is 255 g/mol. The van der Waals surface area contributed by atoms with E-state index in [1.165, 1.54) is 18.2 Å². The molecule has 1 atom stereocenters. The first-order chi connectivity index (χ1) is 8.54. The second-order valence-electron chi connectivity index (χ2n) is 3.53. The molecule has 0 saturated carbocycles. The van der Waals surface area contributed by atoms with Crippen molar-refractivity contribution < 1.29 is 23.4 Å². The molecule has 0 aliphatic heterocycles. The predicted octanol–water partition coefficient (Wildman–Crippen LogP) is 2.76. The molecule has 6 heteroatoms. The first kappa shape index (κ1) is 13.9. The molecule has 0 spiro atoms. The Morgan fingerprint density at radius 3 is 2.67 bits per heavy atom. The van der Waals surface area contributed by atoms with Crippen LogP contribution in [-0.4, -0.2) is 17.7 Å². The number of para-hydroxylation sites is 1. The summed E-state index contributed by atoms with van der Waals surface area (Å²) >= 11 is 0. The lowest BCUT2D eigenvalue weighted by atomic mass is 9.95. The summed E-state index contributed by atoms with van der Waals surface area (Å²) in [6, 6.07) is 7.79. The van der Waals surface area contributed by atoms with E-state index in [9.17, 15) is 13.6 Å². The average Bonchev–Trinajstić information content (AvgIpc) is 2.30. The largest absolute Gasteiger partial charge is 0.481 e. The van der Waals surface area contributed by atoms with Gasteiger partial charge in [0.1, 0.15) is 5.75 Å². The normalized spacial score (nSPS) is 11.9. The number of carboxylic acid groups (broad SMARTS) is 1. The number of hydrogen-bond acceptors (Lipinski definition) is 3. The molecule has 0 heterocycles. The second-order valence-corrected chi connectivity index (χ2v) is 3.53. The van der Waals surface area contributed by atoms with Gasteiger partial charge in [0, 0.05) is 12.0 Å². The van der Waals surface area contributed by atoms with Crippen LogP contribution in [0.5, 0.6) is 5.75 Å². The lowest BCUT2D eigenvalue weighted by molar-refractivity contribution is -0.137. The molecule has 1 aromatic rings. The van der Waals surface area contributed by atoms with Gasteiger partial charge < -0.3 is 9.84 Å². The summed E-state index contributed by atoms with van der Waals surface area (Å²) in [5.41, 5.74) is 0.279. The van der Waals surface area contributed by atoms with Crippen LogP contribution in [0.15, 0.2) is 24.3 Å². The van der Waals surface area contributed by atoms with E-state index in [0.29, 0.717) is 0 Å². The Labute approximate surface area is 102 Å². The first-order valence-electron chi connectivity index (χ1n) is 5.19. The molecule has 1 unspecified atom stereocenters. The number of nitriles is 1. The number of carbonyl (C=O) groups is 1. The minimum atomic E-state index is -2.98. The van der Waals surface area contributed by atoms with Crippen LogP contribution in [0.2, 0.25) is 0 Å². The Morgan fingerprint density at radius 1 is 1.44 bits per heavy atom. The van der Waals surface area contributed by atoms with Crippen LogP contribution >= 0.6 is 0 Å². The molecular weight excluding hydrogens is 244 g/mol. The van der Waals surface area contributed by atoms with E-state index in [4.69, 9.17) is 10.4 Å². The maximum absolute atomic E-state index is 12.2. The standard InChI is InChI=1S/C12H11F2NO3/c13-12(14)18-10-4-2-1-3-9(10)8(7-15)5-6-11(16)17/h1-4,8,12H,5-6H2,(H,16,17). The van der Waals surface area contributed by atoms with Crippen molar-refractivity contribution in [1.29, 1.82) is 5.26 Å². The molecule has 0 amide bonds. The van der Waals surface area contributed by atoms with Crippen LogP contribution < -0.4 is 4.74 Å². The van der Waals surface area contributed by atoms with Crippen molar-refractivity contribution in [3.05, 3.63) is 29.8 Å². The summed E-state index contributed by atoms with van der Waals surface area (Å²) in [4.78, 5) is 10.5. The molecule has 1 aromatic carbocycles. The van der Waals surface area contributed by atoms with Gasteiger partial charge in [-0.25, -0.2) is 0 Å². The number of hydrogen-bond donors (Lipinski definition) is 1. The zero-order valence-electron chi connectivity index (χ0n) is 9.35. The molecule has 0 radical (unpaired) electrons. The fourth-order valence-electron chi connectivity index (χ4n) is 1.53. The molecule has 96 valence electrons. The third-order valence-corrected chi connectivity index (χ3v) is 2.31. The fourth-order valence-corrected chi connectivity index (χ4v) is 1.53. The molecule has 18 heavy (non-hydrogen) atoms. The van der Waals surface area contributed by atoms with Crippen molar-refractivity contribution in [2.75, 3.05) is 0 Å². The smallest absolute Gasteiger partial charge is 0.387 e. The van der Waals surface area contributed by atoms with Gasteiger partial charge >= 0.3 is 12.6 Å². The minimum absolute atomic E-state index is 0.0510. The minimum Gasteiger partial charge on any atom is -0.481 e. The van der Waals surface area contributed by atoms with Crippen molar-refractivity contribution in [1.82, 2.24) is 0 Å². The number of benzene rings is 1. The summed E-state index contributed by atoms with van der Waals surface area (Å²) in [5, 5.41) is 17.5. The van der Waals surface area contributed by atoms with Gasteiger partial charge in [0.25, 0.3) is 0 Å². The van der Waals surface area contributed by atoms with Crippen LogP contribution in [0, 0.1) is 11.3 Å². The van der Waals surface area contributed by atoms with Gasteiger partial charge in [0.2, 0.25) is 0 Å². The summed E-state index contributed by atoms with van der Waals surface area (Å²) in [6.07, 6.45) is -0.156. The van der Waals surface area contributed by atoms with Crippen molar-refractivity contribution in [2.45, 2.75) is 25.4 Å². The highest BCUT2D eigenvalue weighted by Gasteiger charge is 2.18. The van der Waals surface area contributed by atoms with Gasteiger partial charge in [0.15, 0.2) is 0 Å². The van der Waals surface area contributed by atoms with E-state index in [-0.39, 0.29) is 24.2 Å². The highest BCUT2D eigenvalue weighted by molar-refractivity contribution is 5.66. The topological polar surface area (TPSA) is 70.3 Å². The van der Waals surface area contributed by atoms with E-state index in [0.717, 1.165) is 0 Å². The SMILES string of the molecule is N#CC(CCC(=O)O)c1ccccc1OC(F)F. The van der Waals surface area contributed by atoms with Crippen molar-refractivity contribution in [3.8, 4) is 11.8 Å². The quantitative estimate of drug-likeness (QED) is 0.848. The third kappa shape index (κ3) is 4.01. The Morgan fingerprint density at radius 2 is 2.11 bits per heavy atom. The second kappa shape index (κ2) is 6.55. The average molecular weight is 255 g/mol. The number of aliphatic carboxylic acids is 1. The van der Waals surface area contributed by atoms with E-state index in [2.05, 4.69) is 4.74 Å². The van der Waals surface area contributed by atoms with Crippen molar-refractivity contribution in [3.63, 3.8) is 0 Å². The summed E-state index contributed by atoms with van der Waals surface area (Å²) in [5.74, 6) is -1.91. The molecule has 4 nitrogen and oxygen atoms in total. The first-order valence-corrected chi connectivity index (χ1v) is 5.19. The third-order valence-electron chi connectivity index (χ3n) is 2.31. The fraction of sp³-hybridized carbons (Fsp3) is 0.333. The highest BCUT2D eigenvalue weighted by atomic mass is 19.3. The maximum atomic E-state index is 12.2. The van der Waals surface area contributed by atoms with Gasteiger partial charge in [-0.05, 0) is 12.5 Å². The van der Waals surface area contributed by atoms with Gasteiger partial charge in [-0.1, -0.05) is 18.2 Å². The molecule has 0 fully saturated rings. The molecule has 1 N–H and O–H groups in total. The molecule has 0 saturated heterocycles. The predicted molar refractivity (Wildman–Crippen MR) is 58.3 cm³/mol. The summed E-state index contributed by atoms with van der Waals surface area (Å²) < 4.78 is 28.7. The zero-order chi connectivity index (χ0) is 13.5. The van der Waals surface area contributed by atoms with Crippen LogP contribution in [-0.2, 0) is 4.79 Å². The Bertz CT molecular complexity index is 457. The highest BCUT2D eigenvalue weighted by Crippen LogP contribution is 2.30. The Balaban J connectivity index is 2.91. The van der Waals surface area contributed by atoms with Gasteiger partial charge in [0.05, 0.1) is 12.0 Å².